The van der Waals surface area contributed by atoms with E-state index < -0.39 is 66.1 Å². The van der Waals surface area contributed by atoms with Crippen LogP contribution in [-0.4, -0.2) is 77.1 Å². The van der Waals surface area contributed by atoms with Crippen LogP contribution in [0.5, 0.6) is 0 Å². The molecule has 12 N–H and O–H groups in total. The van der Waals surface area contributed by atoms with E-state index >= 15 is 0 Å². The molecule has 0 radical (unpaired) electrons. The van der Waals surface area contributed by atoms with E-state index in [1.54, 1.807) is 13.8 Å². The number of aliphatic imine (C=N–C) groups is 1. The zero-order valence-corrected chi connectivity index (χ0v) is 19.5. The number of carbonyl (C=O) groups is 5. The standard InChI is InChI=1S/C18H34N8O6S/c1-8(2)13(17(31)32)26-16(30)11(7-33)25-15(29)10(6-12(20)27)24-14(28)9(19)4-3-5-23-18(21)22/h8-11,13,33H,3-7,19H2,1-2H3,(H2,20,27)(H,24,28)(H,25,29)(H,26,30)(H,31,32)(H4,21,22,23). The number of amides is 4. The summed E-state index contributed by atoms with van der Waals surface area (Å²) >= 11 is 4.01. The van der Waals surface area contributed by atoms with Crippen LogP contribution in [0.25, 0.3) is 0 Å². The minimum absolute atomic E-state index is 0.0999. The fourth-order valence-electron chi connectivity index (χ4n) is 2.57. The summed E-state index contributed by atoms with van der Waals surface area (Å²) in [4.78, 5) is 63.9. The van der Waals surface area contributed by atoms with Gasteiger partial charge in [-0.15, -0.1) is 0 Å². The largest absolute Gasteiger partial charge is 0.480 e. The van der Waals surface area contributed by atoms with Gasteiger partial charge in [-0.1, -0.05) is 13.8 Å². The Morgan fingerprint density at radius 2 is 1.48 bits per heavy atom. The molecule has 15 heteroatoms. The summed E-state index contributed by atoms with van der Waals surface area (Å²) in [7, 11) is 0. The molecular weight excluding hydrogens is 456 g/mol. The van der Waals surface area contributed by atoms with Crippen molar-refractivity contribution in [3.63, 3.8) is 0 Å². The fourth-order valence-corrected chi connectivity index (χ4v) is 2.83. The minimum atomic E-state index is -1.41. The molecule has 0 saturated carbocycles. The number of rotatable bonds is 15. The van der Waals surface area contributed by atoms with Crippen LogP contribution >= 0.6 is 12.6 Å². The first-order valence-electron chi connectivity index (χ1n) is 10.1. The van der Waals surface area contributed by atoms with Gasteiger partial charge in [-0.2, -0.15) is 12.6 Å². The number of guanidine groups is 1. The van der Waals surface area contributed by atoms with E-state index in [-0.39, 0.29) is 24.7 Å². The average molecular weight is 491 g/mol. The Balaban J connectivity index is 5.16. The Labute approximate surface area is 197 Å². The van der Waals surface area contributed by atoms with Crippen molar-refractivity contribution in [2.24, 2.45) is 33.8 Å². The van der Waals surface area contributed by atoms with Gasteiger partial charge in [-0.05, 0) is 18.8 Å². The second-order valence-corrected chi connectivity index (χ2v) is 7.96. The zero-order chi connectivity index (χ0) is 25.7. The molecule has 14 nitrogen and oxygen atoms in total. The third-order valence-electron chi connectivity index (χ3n) is 4.39. The van der Waals surface area contributed by atoms with E-state index in [0.29, 0.717) is 6.42 Å². The summed E-state index contributed by atoms with van der Waals surface area (Å²) in [6, 6.07) is -4.85. The molecule has 0 aliphatic carbocycles. The summed E-state index contributed by atoms with van der Waals surface area (Å²) in [6.45, 7) is 3.46. The first kappa shape index (κ1) is 29.9. The molecule has 33 heavy (non-hydrogen) atoms. The van der Waals surface area contributed by atoms with Crippen LogP contribution in [0.1, 0.15) is 33.1 Å². The maximum atomic E-state index is 12.6. The molecular formula is C18H34N8O6S. The third kappa shape index (κ3) is 11.9. The van der Waals surface area contributed by atoms with Gasteiger partial charge in [-0.25, -0.2) is 4.79 Å². The Bertz CT molecular complexity index is 743. The molecule has 0 aliphatic rings. The summed E-state index contributed by atoms with van der Waals surface area (Å²) in [5.41, 5.74) is 21.4. The van der Waals surface area contributed by atoms with Crippen molar-refractivity contribution < 1.29 is 29.1 Å². The topological polar surface area (TPSA) is 258 Å². The highest BCUT2D eigenvalue weighted by molar-refractivity contribution is 7.80. The second kappa shape index (κ2) is 14.9. The van der Waals surface area contributed by atoms with Crippen molar-refractivity contribution in [3.8, 4) is 0 Å². The van der Waals surface area contributed by atoms with E-state index in [0.717, 1.165) is 0 Å². The molecule has 0 aliphatic heterocycles. The zero-order valence-electron chi connectivity index (χ0n) is 18.6. The summed E-state index contributed by atoms with van der Waals surface area (Å²) in [5.74, 6) is -5.22. The highest BCUT2D eigenvalue weighted by atomic mass is 32.1. The molecule has 0 saturated heterocycles. The second-order valence-electron chi connectivity index (χ2n) is 7.60. The lowest BCUT2D eigenvalue weighted by atomic mass is 10.0. The van der Waals surface area contributed by atoms with E-state index in [1.165, 1.54) is 0 Å². The number of nitrogens with zero attached hydrogens (tertiary/aromatic N) is 1. The number of carboxylic acids is 1. The lowest BCUT2D eigenvalue weighted by molar-refractivity contribution is -0.143. The van der Waals surface area contributed by atoms with Crippen LogP contribution in [0.2, 0.25) is 0 Å². The Kier molecular flexibility index (Phi) is 13.5. The summed E-state index contributed by atoms with van der Waals surface area (Å²) in [6.07, 6.45) is 0.0333. The number of hydrogen-bond acceptors (Lipinski definition) is 8. The quantitative estimate of drug-likeness (QED) is 0.0474. The molecule has 0 aromatic carbocycles. The van der Waals surface area contributed by atoms with Crippen LogP contribution in [0.3, 0.4) is 0 Å². The summed E-state index contributed by atoms with van der Waals surface area (Å²) < 4.78 is 0. The molecule has 0 spiro atoms. The van der Waals surface area contributed by atoms with Crippen LogP contribution in [0.4, 0.5) is 0 Å². The van der Waals surface area contributed by atoms with E-state index in [9.17, 15) is 29.1 Å². The van der Waals surface area contributed by atoms with Crippen molar-refractivity contribution in [2.75, 3.05) is 12.3 Å². The highest BCUT2D eigenvalue weighted by Crippen LogP contribution is 2.04. The number of carboxylic acid groups (broad SMARTS) is 1. The van der Waals surface area contributed by atoms with Gasteiger partial charge >= 0.3 is 5.97 Å². The molecule has 0 aromatic heterocycles. The molecule has 0 heterocycles. The van der Waals surface area contributed by atoms with Gasteiger partial charge in [0.15, 0.2) is 5.96 Å². The predicted octanol–water partition coefficient (Wildman–Crippen LogP) is -3.63. The number of thiol groups is 1. The number of hydrogen-bond donors (Lipinski definition) is 9. The van der Waals surface area contributed by atoms with Crippen molar-refractivity contribution in [1.82, 2.24) is 16.0 Å². The molecule has 4 unspecified atom stereocenters. The van der Waals surface area contributed by atoms with Gasteiger partial charge in [0.2, 0.25) is 23.6 Å². The molecule has 188 valence electrons. The first-order valence-corrected chi connectivity index (χ1v) is 10.8. The Hall–Kier alpha value is -3.07. The predicted molar refractivity (Wildman–Crippen MR) is 124 cm³/mol. The smallest absolute Gasteiger partial charge is 0.326 e. The fraction of sp³-hybridized carbons (Fsp3) is 0.667. The van der Waals surface area contributed by atoms with Gasteiger partial charge in [0.05, 0.1) is 12.5 Å². The normalized spacial score (nSPS) is 14.3. The van der Waals surface area contributed by atoms with Crippen LogP contribution < -0.4 is 38.9 Å². The third-order valence-corrected chi connectivity index (χ3v) is 4.75. The number of aliphatic carboxylic acids is 1. The first-order chi connectivity index (χ1) is 15.3. The van der Waals surface area contributed by atoms with Crippen LogP contribution in [-0.2, 0) is 24.0 Å². The van der Waals surface area contributed by atoms with E-state index in [1.807, 2.05) is 0 Å². The number of primary amides is 1. The maximum absolute atomic E-state index is 12.6. The molecule has 0 rings (SSSR count). The maximum Gasteiger partial charge on any atom is 0.326 e. The number of nitrogens with two attached hydrogens (primary N) is 4. The number of carbonyl (C=O) groups excluding carboxylic acids is 4. The molecule has 4 atom stereocenters. The van der Waals surface area contributed by atoms with Crippen molar-refractivity contribution in [2.45, 2.75) is 57.3 Å². The van der Waals surface area contributed by atoms with E-state index in [2.05, 4.69) is 33.6 Å². The Morgan fingerprint density at radius 3 is 1.94 bits per heavy atom. The Morgan fingerprint density at radius 1 is 0.939 bits per heavy atom. The van der Waals surface area contributed by atoms with Gasteiger partial charge in [0.1, 0.15) is 18.1 Å². The van der Waals surface area contributed by atoms with Crippen molar-refractivity contribution in [3.05, 3.63) is 0 Å². The molecule has 4 amide bonds. The lowest BCUT2D eigenvalue weighted by Crippen LogP contribution is -2.58. The van der Waals surface area contributed by atoms with Gasteiger partial charge in [0.25, 0.3) is 0 Å². The van der Waals surface area contributed by atoms with Crippen LogP contribution in [0.15, 0.2) is 4.99 Å². The van der Waals surface area contributed by atoms with Gasteiger partial charge in [0, 0.05) is 12.3 Å². The minimum Gasteiger partial charge on any atom is -0.480 e. The average Bonchev–Trinajstić information content (AvgIpc) is 2.71. The van der Waals surface area contributed by atoms with Gasteiger partial charge < -0.3 is 44.0 Å². The molecule has 0 fully saturated rings. The highest BCUT2D eigenvalue weighted by Gasteiger charge is 2.31. The monoisotopic (exact) mass is 490 g/mol. The van der Waals surface area contributed by atoms with Crippen LogP contribution in [0, 0.1) is 5.92 Å². The van der Waals surface area contributed by atoms with E-state index in [4.69, 9.17) is 22.9 Å². The van der Waals surface area contributed by atoms with Crippen molar-refractivity contribution in [1.29, 1.82) is 0 Å². The summed E-state index contributed by atoms with van der Waals surface area (Å²) in [5, 5.41) is 16.2. The lowest BCUT2D eigenvalue weighted by Gasteiger charge is -2.25. The van der Waals surface area contributed by atoms with Crippen molar-refractivity contribution >= 4 is 48.2 Å². The number of nitrogens with one attached hydrogen (secondary N) is 3. The SMILES string of the molecule is CC(C)C(NC(=O)C(CS)NC(=O)C(CC(N)=O)NC(=O)C(N)CCCN=C(N)N)C(=O)O. The molecule has 0 bridgehead atoms. The van der Waals surface area contributed by atoms with Gasteiger partial charge in [-0.3, -0.25) is 24.2 Å². The molecule has 0 aromatic rings.